The molecule has 9 heteroatoms. The second-order valence-corrected chi connectivity index (χ2v) is 7.87. The van der Waals surface area contributed by atoms with Crippen LogP contribution in [0.1, 0.15) is 6.42 Å². The summed E-state index contributed by atoms with van der Waals surface area (Å²) < 4.78 is 26.9. The number of benzene rings is 1. The summed E-state index contributed by atoms with van der Waals surface area (Å²) in [4.78, 5) is 11.0. The van der Waals surface area contributed by atoms with Gasteiger partial charge in [0.15, 0.2) is 9.84 Å². The van der Waals surface area contributed by atoms with E-state index in [4.69, 9.17) is 16.7 Å². The first-order chi connectivity index (χ1) is 10.9. The Morgan fingerprint density at radius 1 is 1.43 bits per heavy atom. The Morgan fingerprint density at radius 3 is 2.78 bits per heavy atom. The van der Waals surface area contributed by atoms with Gasteiger partial charge in [-0.1, -0.05) is 11.6 Å². The molecule has 1 aliphatic heterocycles. The van der Waals surface area contributed by atoms with Crippen molar-refractivity contribution in [1.29, 1.82) is 0 Å². The van der Waals surface area contributed by atoms with Crippen LogP contribution in [0, 0.1) is 0 Å². The summed E-state index contributed by atoms with van der Waals surface area (Å²) in [6.45, 7) is 0.0938. The third kappa shape index (κ3) is 2.97. The van der Waals surface area contributed by atoms with Crippen molar-refractivity contribution in [2.45, 2.75) is 22.6 Å². The standard InChI is InChI=1S/C14H14ClN3O4S/c15-11-6-9(18-5-1-4-17-18)2-3-13(11)23(21,22)10-7-12(14(19)20)16-8-10/h1-6,10,12,16H,7-8H2,(H,19,20)/t10-,12+/m1/s1. The van der Waals surface area contributed by atoms with E-state index in [9.17, 15) is 13.2 Å². The number of nitrogens with zero attached hydrogens (tertiary/aromatic N) is 2. The highest BCUT2D eigenvalue weighted by atomic mass is 35.5. The number of sulfone groups is 1. The zero-order valence-corrected chi connectivity index (χ0v) is 13.5. The molecule has 0 unspecified atom stereocenters. The smallest absolute Gasteiger partial charge is 0.320 e. The topological polar surface area (TPSA) is 101 Å². The molecule has 23 heavy (non-hydrogen) atoms. The second-order valence-electron chi connectivity index (χ2n) is 5.27. The molecule has 1 aromatic carbocycles. The fourth-order valence-electron chi connectivity index (χ4n) is 2.59. The Hall–Kier alpha value is -1.90. The van der Waals surface area contributed by atoms with Crippen LogP contribution in [0.25, 0.3) is 5.69 Å². The summed E-state index contributed by atoms with van der Waals surface area (Å²) in [7, 11) is -3.71. The van der Waals surface area contributed by atoms with Gasteiger partial charge in [-0.3, -0.25) is 4.79 Å². The molecule has 122 valence electrons. The Morgan fingerprint density at radius 2 is 2.22 bits per heavy atom. The fourth-order valence-corrected chi connectivity index (χ4v) is 4.80. The Kier molecular flexibility index (Phi) is 4.13. The summed E-state index contributed by atoms with van der Waals surface area (Å²) in [6.07, 6.45) is 3.35. The number of rotatable bonds is 4. The normalized spacial score (nSPS) is 21.4. The predicted molar refractivity (Wildman–Crippen MR) is 83.6 cm³/mol. The Labute approximate surface area is 137 Å². The summed E-state index contributed by atoms with van der Waals surface area (Å²) >= 11 is 6.15. The van der Waals surface area contributed by atoms with E-state index in [1.54, 1.807) is 29.2 Å². The van der Waals surface area contributed by atoms with Crippen molar-refractivity contribution in [3.63, 3.8) is 0 Å². The van der Waals surface area contributed by atoms with Crippen LogP contribution < -0.4 is 5.32 Å². The van der Waals surface area contributed by atoms with Gasteiger partial charge >= 0.3 is 5.97 Å². The molecule has 0 saturated carbocycles. The van der Waals surface area contributed by atoms with E-state index in [0.29, 0.717) is 5.69 Å². The molecule has 7 nitrogen and oxygen atoms in total. The summed E-state index contributed by atoms with van der Waals surface area (Å²) in [5.74, 6) is -1.05. The zero-order chi connectivity index (χ0) is 16.6. The first kappa shape index (κ1) is 16.0. The van der Waals surface area contributed by atoms with E-state index in [0.717, 1.165) is 0 Å². The van der Waals surface area contributed by atoms with Gasteiger partial charge in [0.25, 0.3) is 0 Å². The molecule has 2 aromatic rings. The molecule has 1 aliphatic rings. The lowest BCUT2D eigenvalue weighted by atomic mass is 10.2. The highest BCUT2D eigenvalue weighted by Crippen LogP contribution is 2.30. The number of aromatic nitrogens is 2. The van der Waals surface area contributed by atoms with Gasteiger partial charge in [0.2, 0.25) is 0 Å². The van der Waals surface area contributed by atoms with Crippen molar-refractivity contribution in [3.8, 4) is 5.69 Å². The molecule has 2 heterocycles. The van der Waals surface area contributed by atoms with E-state index in [2.05, 4.69) is 10.4 Å². The zero-order valence-electron chi connectivity index (χ0n) is 11.9. The minimum atomic E-state index is -3.71. The van der Waals surface area contributed by atoms with E-state index < -0.39 is 27.1 Å². The minimum Gasteiger partial charge on any atom is -0.480 e. The van der Waals surface area contributed by atoms with Gasteiger partial charge in [0.1, 0.15) is 6.04 Å². The van der Waals surface area contributed by atoms with Crippen molar-refractivity contribution >= 4 is 27.4 Å². The van der Waals surface area contributed by atoms with Gasteiger partial charge in [-0.2, -0.15) is 5.10 Å². The number of carbonyl (C=O) groups is 1. The summed E-state index contributed by atoms with van der Waals surface area (Å²) in [5, 5.41) is 15.0. The Bertz CT molecular complexity index is 836. The summed E-state index contributed by atoms with van der Waals surface area (Å²) in [5.41, 5.74) is 0.645. The van der Waals surface area contributed by atoms with E-state index in [1.165, 1.54) is 12.1 Å². The number of hydrogen-bond donors (Lipinski definition) is 2. The fraction of sp³-hybridized carbons (Fsp3) is 0.286. The van der Waals surface area contributed by atoms with Crippen LogP contribution >= 0.6 is 11.6 Å². The average molecular weight is 356 g/mol. The number of carboxylic acid groups (broad SMARTS) is 1. The van der Waals surface area contributed by atoms with Crippen LogP contribution in [0.3, 0.4) is 0 Å². The SMILES string of the molecule is O=C(O)[C@@H]1C[C@@H](S(=O)(=O)c2ccc(-n3cccn3)cc2Cl)CN1. The van der Waals surface area contributed by atoms with Crippen molar-refractivity contribution in [3.05, 3.63) is 41.7 Å². The maximum Gasteiger partial charge on any atom is 0.320 e. The lowest BCUT2D eigenvalue weighted by molar-refractivity contribution is -0.139. The molecule has 3 rings (SSSR count). The quantitative estimate of drug-likeness (QED) is 0.852. The van der Waals surface area contributed by atoms with Crippen LogP contribution in [-0.2, 0) is 14.6 Å². The van der Waals surface area contributed by atoms with Crippen LogP contribution in [0.15, 0.2) is 41.6 Å². The molecule has 0 amide bonds. The van der Waals surface area contributed by atoms with Crippen LogP contribution in [0.5, 0.6) is 0 Å². The number of hydrogen-bond acceptors (Lipinski definition) is 5. The molecule has 0 radical (unpaired) electrons. The molecule has 1 saturated heterocycles. The molecule has 0 spiro atoms. The number of nitrogens with one attached hydrogen (secondary N) is 1. The van der Waals surface area contributed by atoms with Crippen molar-refractivity contribution in [2.75, 3.05) is 6.54 Å². The van der Waals surface area contributed by atoms with Gasteiger partial charge in [-0.05, 0) is 30.7 Å². The van der Waals surface area contributed by atoms with Crippen molar-refractivity contribution in [1.82, 2.24) is 15.1 Å². The molecule has 2 N–H and O–H groups in total. The minimum absolute atomic E-state index is 0.00733. The van der Waals surface area contributed by atoms with Gasteiger partial charge in [0, 0.05) is 18.9 Å². The Balaban J connectivity index is 1.90. The number of halogens is 1. The predicted octanol–water partition coefficient (Wildman–Crippen LogP) is 1.11. The molecule has 1 fully saturated rings. The highest BCUT2D eigenvalue weighted by molar-refractivity contribution is 7.92. The van der Waals surface area contributed by atoms with E-state index in [1.807, 2.05) is 0 Å². The van der Waals surface area contributed by atoms with Crippen LogP contribution in [-0.4, -0.2) is 47.1 Å². The maximum absolute atomic E-state index is 12.7. The molecule has 0 bridgehead atoms. The molecule has 0 aliphatic carbocycles. The van der Waals surface area contributed by atoms with E-state index in [-0.39, 0.29) is 22.9 Å². The van der Waals surface area contributed by atoms with Crippen LogP contribution in [0.2, 0.25) is 5.02 Å². The van der Waals surface area contributed by atoms with Gasteiger partial charge in [0.05, 0.1) is 20.9 Å². The largest absolute Gasteiger partial charge is 0.480 e. The van der Waals surface area contributed by atoms with Gasteiger partial charge < -0.3 is 10.4 Å². The molecule has 1 aromatic heterocycles. The summed E-state index contributed by atoms with van der Waals surface area (Å²) in [6, 6.07) is 5.47. The third-order valence-electron chi connectivity index (χ3n) is 3.82. The molecular formula is C14H14ClN3O4S. The first-order valence-electron chi connectivity index (χ1n) is 6.89. The lowest BCUT2D eigenvalue weighted by Crippen LogP contribution is -2.30. The van der Waals surface area contributed by atoms with E-state index >= 15 is 0 Å². The van der Waals surface area contributed by atoms with Gasteiger partial charge in [-0.15, -0.1) is 0 Å². The van der Waals surface area contributed by atoms with Gasteiger partial charge in [-0.25, -0.2) is 13.1 Å². The highest BCUT2D eigenvalue weighted by Gasteiger charge is 2.38. The lowest BCUT2D eigenvalue weighted by Gasteiger charge is -2.13. The van der Waals surface area contributed by atoms with Crippen LogP contribution in [0.4, 0.5) is 0 Å². The van der Waals surface area contributed by atoms with Crippen molar-refractivity contribution in [2.24, 2.45) is 0 Å². The molecule has 2 atom stereocenters. The first-order valence-corrected chi connectivity index (χ1v) is 8.81. The average Bonchev–Trinajstić information content (AvgIpc) is 3.18. The maximum atomic E-state index is 12.7. The van der Waals surface area contributed by atoms with Crippen molar-refractivity contribution < 1.29 is 18.3 Å². The second kappa shape index (κ2) is 5.95. The molecular weight excluding hydrogens is 342 g/mol. The number of aliphatic carboxylic acids is 1. The number of carboxylic acids is 1. The monoisotopic (exact) mass is 355 g/mol. The third-order valence-corrected chi connectivity index (χ3v) is 6.45.